The Morgan fingerprint density at radius 2 is 2.05 bits per heavy atom. The summed E-state index contributed by atoms with van der Waals surface area (Å²) in [4.78, 5) is 22.6. The number of carbonyl (C=O) groups is 2. The van der Waals surface area contributed by atoms with E-state index in [1.54, 1.807) is 18.2 Å². The second-order valence-electron chi connectivity index (χ2n) is 5.09. The number of amides is 1. The van der Waals surface area contributed by atoms with Crippen molar-refractivity contribution >= 4 is 12.2 Å². The molecule has 1 aromatic carbocycles. The van der Waals surface area contributed by atoms with Gasteiger partial charge in [0.2, 0.25) is 0 Å². The first-order chi connectivity index (χ1) is 10.2. The van der Waals surface area contributed by atoms with Crippen LogP contribution in [0, 0.1) is 0 Å². The van der Waals surface area contributed by atoms with Crippen LogP contribution >= 0.6 is 0 Å². The molecule has 1 aliphatic carbocycles. The van der Waals surface area contributed by atoms with E-state index in [-0.39, 0.29) is 18.6 Å². The fraction of sp³-hybridized carbons (Fsp3) is 0.500. The van der Waals surface area contributed by atoms with Crippen LogP contribution < -0.4 is 14.8 Å². The zero-order valence-corrected chi connectivity index (χ0v) is 12.3. The molecular weight excluding hydrogens is 270 g/mol. The summed E-state index contributed by atoms with van der Waals surface area (Å²) >= 11 is 0. The van der Waals surface area contributed by atoms with Gasteiger partial charge in [0.1, 0.15) is 6.29 Å². The Hall–Kier alpha value is -2.04. The second kappa shape index (κ2) is 7.67. The molecule has 0 saturated heterocycles. The quantitative estimate of drug-likeness (QED) is 0.783. The van der Waals surface area contributed by atoms with Crippen molar-refractivity contribution in [1.29, 1.82) is 0 Å². The lowest BCUT2D eigenvalue weighted by Gasteiger charge is -2.14. The molecule has 1 aromatic rings. The van der Waals surface area contributed by atoms with Crippen molar-refractivity contribution in [3.05, 3.63) is 23.8 Å². The maximum atomic E-state index is 11.8. The van der Waals surface area contributed by atoms with Crippen LogP contribution in [0.15, 0.2) is 18.2 Å². The van der Waals surface area contributed by atoms with Crippen LogP contribution in [0.1, 0.15) is 43.0 Å². The van der Waals surface area contributed by atoms with E-state index in [1.807, 2.05) is 6.92 Å². The molecule has 114 valence electrons. The SMILES string of the molecule is CCOc1cc(C=O)ccc1OCC(=O)NC1CCCC1. The maximum absolute atomic E-state index is 11.8. The maximum Gasteiger partial charge on any atom is 0.258 e. The van der Waals surface area contributed by atoms with Crippen LogP contribution in [0.4, 0.5) is 0 Å². The highest BCUT2D eigenvalue weighted by Gasteiger charge is 2.17. The third kappa shape index (κ3) is 4.48. The Morgan fingerprint density at radius 3 is 2.71 bits per heavy atom. The first kappa shape index (κ1) is 15.4. The zero-order valence-electron chi connectivity index (χ0n) is 12.3. The van der Waals surface area contributed by atoms with Gasteiger partial charge in [0, 0.05) is 11.6 Å². The number of rotatable bonds is 7. The number of hydrogen-bond acceptors (Lipinski definition) is 4. The van der Waals surface area contributed by atoms with Gasteiger partial charge in [-0.3, -0.25) is 9.59 Å². The standard InChI is InChI=1S/C16H21NO4/c1-2-20-15-9-12(10-18)7-8-14(15)21-11-16(19)17-13-5-3-4-6-13/h7-10,13H,2-6,11H2,1H3,(H,17,19). The van der Waals surface area contributed by atoms with Crippen molar-refractivity contribution < 1.29 is 19.1 Å². The van der Waals surface area contributed by atoms with Crippen molar-refractivity contribution in [2.45, 2.75) is 38.6 Å². The van der Waals surface area contributed by atoms with Crippen molar-refractivity contribution in [3.8, 4) is 11.5 Å². The molecule has 0 bridgehead atoms. The number of hydrogen-bond donors (Lipinski definition) is 1. The summed E-state index contributed by atoms with van der Waals surface area (Å²) in [6.45, 7) is 2.27. The minimum Gasteiger partial charge on any atom is -0.490 e. The number of aldehydes is 1. The fourth-order valence-corrected chi connectivity index (χ4v) is 2.47. The lowest BCUT2D eigenvalue weighted by Crippen LogP contribution is -2.36. The summed E-state index contributed by atoms with van der Waals surface area (Å²) in [6.07, 6.45) is 5.19. The Morgan fingerprint density at radius 1 is 1.29 bits per heavy atom. The molecule has 0 heterocycles. The lowest BCUT2D eigenvalue weighted by molar-refractivity contribution is -0.123. The summed E-state index contributed by atoms with van der Waals surface area (Å²) < 4.78 is 10.9. The molecule has 0 radical (unpaired) electrons. The van der Waals surface area contributed by atoms with E-state index < -0.39 is 0 Å². The van der Waals surface area contributed by atoms with E-state index in [2.05, 4.69) is 5.32 Å². The molecule has 0 spiro atoms. The lowest BCUT2D eigenvalue weighted by atomic mass is 10.2. The van der Waals surface area contributed by atoms with Gasteiger partial charge in [-0.1, -0.05) is 12.8 Å². The Bertz CT molecular complexity index is 495. The highest BCUT2D eigenvalue weighted by atomic mass is 16.5. The van der Waals surface area contributed by atoms with E-state index in [9.17, 15) is 9.59 Å². The van der Waals surface area contributed by atoms with Gasteiger partial charge in [0.05, 0.1) is 6.61 Å². The van der Waals surface area contributed by atoms with Crippen molar-refractivity contribution in [3.63, 3.8) is 0 Å². The van der Waals surface area contributed by atoms with Gasteiger partial charge in [-0.05, 0) is 38.0 Å². The molecule has 0 aromatic heterocycles. The molecule has 5 heteroatoms. The molecule has 1 fully saturated rings. The van der Waals surface area contributed by atoms with E-state index in [0.717, 1.165) is 19.1 Å². The molecule has 0 atom stereocenters. The number of nitrogens with one attached hydrogen (secondary N) is 1. The third-order valence-corrected chi connectivity index (χ3v) is 3.48. The van der Waals surface area contributed by atoms with Gasteiger partial charge in [-0.2, -0.15) is 0 Å². The summed E-state index contributed by atoms with van der Waals surface area (Å²) in [5.41, 5.74) is 0.515. The predicted octanol–water partition coefficient (Wildman–Crippen LogP) is 2.34. The number of carbonyl (C=O) groups excluding carboxylic acids is 2. The highest BCUT2D eigenvalue weighted by Crippen LogP contribution is 2.28. The van der Waals surface area contributed by atoms with Crippen molar-refractivity contribution in [2.24, 2.45) is 0 Å². The Kier molecular flexibility index (Phi) is 5.60. The molecule has 0 unspecified atom stereocenters. The number of ether oxygens (including phenoxy) is 2. The van der Waals surface area contributed by atoms with Crippen molar-refractivity contribution in [1.82, 2.24) is 5.32 Å². The summed E-state index contributed by atoms with van der Waals surface area (Å²) in [6, 6.07) is 5.18. The molecule has 1 saturated carbocycles. The monoisotopic (exact) mass is 291 g/mol. The fourth-order valence-electron chi connectivity index (χ4n) is 2.47. The first-order valence-electron chi connectivity index (χ1n) is 7.37. The molecule has 1 aliphatic rings. The molecular formula is C16H21NO4. The number of benzene rings is 1. The van der Waals surface area contributed by atoms with Crippen LogP contribution in [0.2, 0.25) is 0 Å². The Balaban J connectivity index is 1.91. The topological polar surface area (TPSA) is 64.6 Å². The zero-order chi connectivity index (χ0) is 15.1. The Labute approximate surface area is 124 Å². The first-order valence-corrected chi connectivity index (χ1v) is 7.37. The minimum absolute atomic E-state index is 0.0446. The van der Waals surface area contributed by atoms with E-state index in [1.165, 1.54) is 12.8 Å². The molecule has 1 amide bonds. The highest BCUT2D eigenvalue weighted by molar-refractivity contribution is 5.78. The van der Waals surface area contributed by atoms with Gasteiger partial charge in [-0.15, -0.1) is 0 Å². The normalized spacial score (nSPS) is 14.7. The van der Waals surface area contributed by atoms with E-state index >= 15 is 0 Å². The molecule has 1 N–H and O–H groups in total. The van der Waals surface area contributed by atoms with Gasteiger partial charge in [0.25, 0.3) is 5.91 Å². The predicted molar refractivity (Wildman–Crippen MR) is 78.9 cm³/mol. The van der Waals surface area contributed by atoms with Gasteiger partial charge < -0.3 is 14.8 Å². The van der Waals surface area contributed by atoms with Crippen molar-refractivity contribution in [2.75, 3.05) is 13.2 Å². The average molecular weight is 291 g/mol. The molecule has 0 aliphatic heterocycles. The average Bonchev–Trinajstić information content (AvgIpc) is 2.99. The van der Waals surface area contributed by atoms with Crippen LogP contribution in [0.5, 0.6) is 11.5 Å². The molecule has 2 rings (SSSR count). The van der Waals surface area contributed by atoms with E-state index in [4.69, 9.17) is 9.47 Å². The summed E-state index contributed by atoms with van der Waals surface area (Å²) in [5.74, 6) is 0.837. The summed E-state index contributed by atoms with van der Waals surface area (Å²) in [5, 5.41) is 2.96. The van der Waals surface area contributed by atoms with Crippen LogP contribution in [-0.4, -0.2) is 31.4 Å². The smallest absolute Gasteiger partial charge is 0.258 e. The van der Waals surface area contributed by atoms with Crippen LogP contribution in [0.25, 0.3) is 0 Å². The van der Waals surface area contributed by atoms with Gasteiger partial charge >= 0.3 is 0 Å². The minimum atomic E-state index is -0.121. The molecule has 21 heavy (non-hydrogen) atoms. The third-order valence-electron chi connectivity index (χ3n) is 3.48. The molecule has 5 nitrogen and oxygen atoms in total. The van der Waals surface area contributed by atoms with Gasteiger partial charge in [-0.25, -0.2) is 0 Å². The largest absolute Gasteiger partial charge is 0.490 e. The second-order valence-corrected chi connectivity index (χ2v) is 5.09. The van der Waals surface area contributed by atoms with Gasteiger partial charge in [0.15, 0.2) is 18.1 Å². The van der Waals surface area contributed by atoms with E-state index in [0.29, 0.717) is 23.7 Å². The van der Waals surface area contributed by atoms with Crippen LogP contribution in [0.3, 0.4) is 0 Å². The van der Waals surface area contributed by atoms with Crippen LogP contribution in [-0.2, 0) is 4.79 Å². The summed E-state index contributed by atoms with van der Waals surface area (Å²) in [7, 11) is 0.